The van der Waals surface area contributed by atoms with E-state index in [-0.39, 0.29) is 23.7 Å². The summed E-state index contributed by atoms with van der Waals surface area (Å²) in [5.41, 5.74) is 5.71. The second-order valence-electron chi connectivity index (χ2n) is 12.1. The van der Waals surface area contributed by atoms with Crippen molar-refractivity contribution in [3.05, 3.63) is 29.8 Å². The van der Waals surface area contributed by atoms with Crippen LogP contribution >= 0.6 is 0 Å². The smallest absolute Gasteiger partial charge is 0.408 e. The molecule has 4 amide bonds. The van der Waals surface area contributed by atoms with Crippen molar-refractivity contribution in [1.82, 2.24) is 15.1 Å². The van der Waals surface area contributed by atoms with Crippen molar-refractivity contribution in [2.45, 2.75) is 84.8 Å². The normalized spacial score (nSPS) is 17.5. The molecule has 0 radical (unpaired) electrons. The minimum atomic E-state index is -0.970. The third-order valence-corrected chi connectivity index (χ3v) is 7.24. The first-order valence-corrected chi connectivity index (χ1v) is 14.6. The fourth-order valence-corrected chi connectivity index (χ4v) is 4.83. The lowest BCUT2D eigenvalue weighted by atomic mass is 9.92. The molecule has 41 heavy (non-hydrogen) atoms. The van der Waals surface area contributed by atoms with Crippen LogP contribution in [0.5, 0.6) is 5.75 Å². The van der Waals surface area contributed by atoms with Crippen molar-refractivity contribution in [3.63, 3.8) is 0 Å². The summed E-state index contributed by atoms with van der Waals surface area (Å²) in [7, 11) is 0. The van der Waals surface area contributed by atoms with Gasteiger partial charge in [0.05, 0.1) is 6.61 Å². The van der Waals surface area contributed by atoms with Gasteiger partial charge in [-0.2, -0.15) is 4.99 Å². The van der Waals surface area contributed by atoms with Gasteiger partial charge in [0, 0.05) is 32.0 Å². The number of nitrogens with one attached hydrogen (secondary N) is 2. The Morgan fingerprint density at radius 1 is 1.12 bits per heavy atom. The number of aliphatic imine (C=N–C) groups is 1. The van der Waals surface area contributed by atoms with Crippen LogP contribution in [0.2, 0.25) is 0 Å². The Kier molecular flexibility index (Phi) is 11.1. The number of nitrogens with zero attached hydrogens (tertiary/aromatic N) is 3. The number of hydrogen-bond donors (Lipinski definition) is 3. The lowest BCUT2D eigenvalue weighted by molar-refractivity contribution is -0.129. The largest absolute Gasteiger partial charge is 0.494 e. The van der Waals surface area contributed by atoms with Crippen LogP contribution in [-0.2, 0) is 9.53 Å². The highest BCUT2D eigenvalue weighted by molar-refractivity contribution is 6.01. The van der Waals surface area contributed by atoms with Crippen LogP contribution in [0.15, 0.2) is 29.3 Å². The third-order valence-electron chi connectivity index (χ3n) is 7.24. The van der Waals surface area contributed by atoms with Gasteiger partial charge in [0.2, 0.25) is 0 Å². The fraction of sp³-hybridized carbons (Fsp3) is 0.633. The first-order valence-electron chi connectivity index (χ1n) is 14.6. The van der Waals surface area contributed by atoms with E-state index in [9.17, 15) is 14.4 Å². The highest BCUT2D eigenvalue weighted by atomic mass is 16.6. The minimum Gasteiger partial charge on any atom is -0.494 e. The third kappa shape index (κ3) is 9.75. The number of amides is 4. The number of rotatable bonds is 9. The lowest BCUT2D eigenvalue weighted by Crippen LogP contribution is -2.44. The van der Waals surface area contributed by atoms with Gasteiger partial charge >= 0.3 is 12.1 Å². The lowest BCUT2D eigenvalue weighted by Gasteiger charge is -2.30. The van der Waals surface area contributed by atoms with Crippen LogP contribution in [0.25, 0.3) is 0 Å². The predicted octanol–water partition coefficient (Wildman–Crippen LogP) is 4.86. The molecule has 0 bridgehead atoms. The van der Waals surface area contributed by atoms with Gasteiger partial charge in [-0.15, -0.1) is 0 Å². The summed E-state index contributed by atoms with van der Waals surface area (Å²) in [6.07, 6.45) is 4.35. The molecule has 2 fully saturated rings. The topological polar surface area (TPSA) is 150 Å². The molecule has 2 aliphatic rings. The van der Waals surface area contributed by atoms with Crippen molar-refractivity contribution >= 4 is 29.7 Å². The Hall–Kier alpha value is -3.63. The Morgan fingerprint density at radius 3 is 2.34 bits per heavy atom. The Bertz CT molecular complexity index is 1100. The SMILES string of the molecule is CC(C)/C(N)=N/C(=O)N1CCC(CCCOc2ccc(C(NC(=O)OC(C)(C)C)C(=O)N3CCCC3=N)cc2)CC1. The molecule has 1 unspecified atom stereocenters. The molecule has 2 aliphatic heterocycles. The van der Waals surface area contributed by atoms with Crippen molar-refractivity contribution in [3.8, 4) is 5.75 Å². The first-order chi connectivity index (χ1) is 19.3. The molecular weight excluding hydrogens is 524 g/mol. The van der Waals surface area contributed by atoms with E-state index in [1.54, 1.807) is 49.9 Å². The minimum absolute atomic E-state index is 0.0519. The van der Waals surface area contributed by atoms with E-state index in [4.69, 9.17) is 20.6 Å². The summed E-state index contributed by atoms with van der Waals surface area (Å²) in [4.78, 5) is 45.3. The summed E-state index contributed by atoms with van der Waals surface area (Å²) in [5.74, 6) is 1.54. The standard InChI is InChI=1S/C30H46N6O5/c1-20(2)26(32)34-28(38)35-17-14-21(15-18-35)8-7-19-40-23-12-10-22(11-13-23)25(33-29(39)41-30(3,4)5)27(37)36-16-6-9-24(36)31/h10-13,20-21,25,31H,6-9,14-19H2,1-5H3,(H,33,39)(H2,32,34,38). The molecule has 0 aliphatic carbocycles. The molecule has 0 saturated carbocycles. The number of benzene rings is 1. The molecule has 1 aromatic rings. The molecule has 3 rings (SSSR count). The van der Waals surface area contributed by atoms with E-state index < -0.39 is 17.7 Å². The summed E-state index contributed by atoms with van der Waals surface area (Å²) in [5, 5.41) is 10.8. The highest BCUT2D eigenvalue weighted by Gasteiger charge is 2.33. The number of carbonyl (C=O) groups excluding carboxylic acids is 3. The number of carbonyl (C=O) groups is 3. The fourth-order valence-electron chi connectivity index (χ4n) is 4.83. The van der Waals surface area contributed by atoms with Gasteiger partial charge in [-0.1, -0.05) is 26.0 Å². The Morgan fingerprint density at radius 2 is 1.78 bits per heavy atom. The summed E-state index contributed by atoms with van der Waals surface area (Å²) in [6, 6.07) is 5.88. The van der Waals surface area contributed by atoms with Crippen LogP contribution in [0.4, 0.5) is 9.59 Å². The summed E-state index contributed by atoms with van der Waals surface area (Å²) < 4.78 is 11.3. The van der Waals surface area contributed by atoms with E-state index in [1.165, 1.54) is 4.90 Å². The van der Waals surface area contributed by atoms with Crippen molar-refractivity contribution < 1.29 is 23.9 Å². The number of hydrogen-bond acceptors (Lipinski definition) is 6. The molecule has 1 atom stereocenters. The molecule has 226 valence electrons. The first kappa shape index (κ1) is 31.9. The van der Waals surface area contributed by atoms with Crippen molar-refractivity contribution in [1.29, 1.82) is 5.41 Å². The average Bonchev–Trinajstić information content (AvgIpc) is 3.34. The predicted molar refractivity (Wildman–Crippen MR) is 158 cm³/mol. The van der Waals surface area contributed by atoms with Gasteiger partial charge in [0.15, 0.2) is 0 Å². The quantitative estimate of drug-likeness (QED) is 0.219. The number of nitrogens with two attached hydrogens (primary N) is 1. The van der Waals surface area contributed by atoms with Crippen molar-refractivity contribution in [2.24, 2.45) is 22.6 Å². The Labute approximate surface area is 243 Å². The number of amidine groups is 2. The average molecular weight is 571 g/mol. The van der Waals surface area contributed by atoms with E-state index in [2.05, 4.69) is 10.3 Å². The second-order valence-corrected chi connectivity index (χ2v) is 12.1. The van der Waals surface area contributed by atoms with Gasteiger partial charge in [-0.05, 0) is 76.5 Å². The van der Waals surface area contributed by atoms with E-state index in [0.29, 0.717) is 55.7 Å². The zero-order chi connectivity index (χ0) is 30.2. The van der Waals surface area contributed by atoms with E-state index in [1.807, 2.05) is 13.8 Å². The van der Waals surface area contributed by atoms with Crippen LogP contribution in [0, 0.1) is 17.2 Å². The highest BCUT2D eigenvalue weighted by Crippen LogP contribution is 2.25. The Balaban J connectivity index is 1.49. The maximum Gasteiger partial charge on any atom is 0.408 e. The van der Waals surface area contributed by atoms with Crippen LogP contribution in [0.1, 0.15) is 84.7 Å². The van der Waals surface area contributed by atoms with Gasteiger partial charge in [0.25, 0.3) is 5.91 Å². The monoisotopic (exact) mass is 570 g/mol. The molecule has 11 heteroatoms. The molecule has 0 spiro atoms. The van der Waals surface area contributed by atoms with Crippen LogP contribution in [-0.4, -0.2) is 71.3 Å². The van der Waals surface area contributed by atoms with Gasteiger partial charge < -0.3 is 25.4 Å². The van der Waals surface area contributed by atoms with E-state index >= 15 is 0 Å². The molecule has 11 nitrogen and oxygen atoms in total. The maximum atomic E-state index is 13.3. The zero-order valence-electron chi connectivity index (χ0n) is 25.1. The molecule has 2 saturated heterocycles. The maximum absolute atomic E-state index is 13.3. The number of alkyl carbamates (subject to hydrolysis) is 1. The van der Waals surface area contributed by atoms with Crippen LogP contribution < -0.4 is 15.8 Å². The van der Waals surface area contributed by atoms with Gasteiger partial charge in [-0.3, -0.25) is 15.1 Å². The molecule has 2 heterocycles. The van der Waals surface area contributed by atoms with E-state index in [0.717, 1.165) is 32.1 Å². The number of likely N-dealkylation sites (tertiary alicyclic amines) is 2. The van der Waals surface area contributed by atoms with Crippen molar-refractivity contribution in [2.75, 3.05) is 26.2 Å². The summed E-state index contributed by atoms with van der Waals surface area (Å²) >= 11 is 0. The second kappa shape index (κ2) is 14.3. The number of piperidine rings is 1. The molecule has 1 aromatic carbocycles. The zero-order valence-corrected chi connectivity index (χ0v) is 25.1. The summed E-state index contributed by atoms with van der Waals surface area (Å²) in [6.45, 7) is 11.5. The molecule has 0 aromatic heterocycles. The number of urea groups is 1. The molecule has 4 N–H and O–H groups in total. The van der Waals surface area contributed by atoms with Gasteiger partial charge in [-0.25, -0.2) is 9.59 Å². The van der Waals surface area contributed by atoms with Crippen LogP contribution in [0.3, 0.4) is 0 Å². The van der Waals surface area contributed by atoms with Gasteiger partial charge in [0.1, 0.15) is 29.1 Å². The molecular formula is C30H46N6O5. The number of ether oxygens (including phenoxy) is 2.